The zero-order valence-electron chi connectivity index (χ0n) is 13.6. The van der Waals surface area contributed by atoms with Crippen molar-refractivity contribution in [2.75, 3.05) is 0 Å². The Morgan fingerprint density at radius 3 is 2.48 bits per heavy atom. The minimum atomic E-state index is -0.786. The molecule has 3 rings (SSSR count). The van der Waals surface area contributed by atoms with Gasteiger partial charge in [0.05, 0.1) is 5.56 Å². The van der Waals surface area contributed by atoms with Crippen LogP contribution in [-0.4, -0.2) is 22.8 Å². The Balaban J connectivity index is 2.00. The number of ether oxygens (including phenoxy) is 2. The maximum Gasteiger partial charge on any atom is 0.308 e. The summed E-state index contributed by atoms with van der Waals surface area (Å²) in [7, 11) is 0. The molecule has 6 nitrogen and oxygen atoms in total. The number of para-hydroxylation sites is 1. The second-order valence-electron chi connectivity index (χ2n) is 5.35. The van der Waals surface area contributed by atoms with Crippen molar-refractivity contribution >= 4 is 29.4 Å². The smallest absolute Gasteiger partial charge is 0.308 e. The summed E-state index contributed by atoms with van der Waals surface area (Å²) in [6, 6.07) is 13.9. The van der Waals surface area contributed by atoms with Crippen LogP contribution in [0.3, 0.4) is 0 Å². The zero-order chi connectivity index (χ0) is 18.0. The van der Waals surface area contributed by atoms with Gasteiger partial charge in [0.2, 0.25) is 18.0 Å². The predicted octanol–water partition coefficient (Wildman–Crippen LogP) is 3.50. The normalized spacial score (nSPS) is 16.2. The zero-order valence-corrected chi connectivity index (χ0v) is 14.4. The van der Waals surface area contributed by atoms with Crippen molar-refractivity contribution in [3.8, 4) is 5.75 Å². The molecule has 1 amide bonds. The summed E-state index contributed by atoms with van der Waals surface area (Å²) in [6.07, 6.45) is -0.786. The van der Waals surface area contributed by atoms with Crippen LogP contribution in [0.1, 0.15) is 31.2 Å². The van der Waals surface area contributed by atoms with E-state index in [1.54, 1.807) is 48.5 Å². The van der Waals surface area contributed by atoms with Gasteiger partial charge in [0.1, 0.15) is 5.75 Å². The first-order valence-corrected chi connectivity index (χ1v) is 7.92. The number of hydrogen-bond donors (Lipinski definition) is 0. The number of hydrazone groups is 1. The van der Waals surface area contributed by atoms with E-state index in [-0.39, 0.29) is 11.8 Å². The Hall–Kier alpha value is -2.86. The monoisotopic (exact) mass is 358 g/mol. The molecule has 2 aromatic carbocycles. The van der Waals surface area contributed by atoms with Gasteiger partial charge in [-0.3, -0.25) is 9.59 Å². The molecule has 2 aromatic rings. The highest BCUT2D eigenvalue weighted by molar-refractivity contribution is 6.31. The van der Waals surface area contributed by atoms with Gasteiger partial charge in [0.15, 0.2) is 0 Å². The minimum absolute atomic E-state index is 0.178. The van der Waals surface area contributed by atoms with Gasteiger partial charge in [-0.2, -0.15) is 5.01 Å². The number of nitrogens with zero attached hydrogens (tertiary/aromatic N) is 2. The molecule has 0 N–H and O–H groups in total. The first kappa shape index (κ1) is 17.0. The van der Waals surface area contributed by atoms with Crippen molar-refractivity contribution in [3.63, 3.8) is 0 Å². The van der Waals surface area contributed by atoms with E-state index in [0.29, 0.717) is 21.9 Å². The molecule has 7 heteroatoms. The van der Waals surface area contributed by atoms with Crippen molar-refractivity contribution in [2.45, 2.75) is 20.1 Å². The summed E-state index contributed by atoms with van der Waals surface area (Å²) in [5.74, 6) is -0.281. The van der Waals surface area contributed by atoms with Gasteiger partial charge in [-0.05, 0) is 18.2 Å². The van der Waals surface area contributed by atoms with E-state index in [2.05, 4.69) is 5.10 Å². The highest BCUT2D eigenvalue weighted by atomic mass is 35.5. The Kier molecular flexibility index (Phi) is 4.72. The topological polar surface area (TPSA) is 68.2 Å². The van der Waals surface area contributed by atoms with Gasteiger partial charge in [0, 0.05) is 24.4 Å². The van der Waals surface area contributed by atoms with Gasteiger partial charge >= 0.3 is 5.97 Å². The van der Waals surface area contributed by atoms with Crippen LogP contribution in [-0.2, 0) is 14.3 Å². The largest absolute Gasteiger partial charge is 0.446 e. The van der Waals surface area contributed by atoms with Crippen molar-refractivity contribution in [2.24, 2.45) is 5.10 Å². The molecule has 1 aliphatic rings. The van der Waals surface area contributed by atoms with Gasteiger partial charge < -0.3 is 9.47 Å². The molecule has 0 radical (unpaired) electrons. The SMILES string of the molecule is CC(=O)Oc1ccccc1C1=NN(C(C)=O)[C@@H](c2ccccc2Cl)O1. The van der Waals surface area contributed by atoms with E-state index in [0.717, 1.165) is 0 Å². The second kappa shape index (κ2) is 6.94. The van der Waals surface area contributed by atoms with Crippen molar-refractivity contribution in [1.82, 2.24) is 5.01 Å². The molecule has 25 heavy (non-hydrogen) atoms. The van der Waals surface area contributed by atoms with E-state index in [9.17, 15) is 9.59 Å². The third-order valence-electron chi connectivity index (χ3n) is 3.51. The standard InChI is InChI=1S/C18H15ClN2O4/c1-11(22)21-18(13-7-3-5-9-15(13)19)25-17(20-21)14-8-4-6-10-16(14)24-12(2)23/h3-10,18H,1-2H3/t18-/m1/s1. The van der Waals surface area contributed by atoms with Crippen LogP contribution in [0.25, 0.3) is 0 Å². The van der Waals surface area contributed by atoms with Crippen molar-refractivity contribution in [1.29, 1.82) is 0 Å². The summed E-state index contributed by atoms with van der Waals surface area (Å²) < 4.78 is 11.1. The van der Waals surface area contributed by atoms with Crippen LogP contribution in [0.5, 0.6) is 5.75 Å². The van der Waals surface area contributed by atoms with Crippen LogP contribution >= 0.6 is 11.6 Å². The Morgan fingerprint density at radius 2 is 1.80 bits per heavy atom. The lowest BCUT2D eigenvalue weighted by Gasteiger charge is -2.20. The van der Waals surface area contributed by atoms with Gasteiger partial charge in [-0.25, -0.2) is 0 Å². The lowest BCUT2D eigenvalue weighted by atomic mass is 10.2. The summed E-state index contributed by atoms with van der Waals surface area (Å²) in [6.45, 7) is 2.69. The average Bonchev–Trinajstić information content (AvgIpc) is 3.00. The van der Waals surface area contributed by atoms with Crippen molar-refractivity contribution < 1.29 is 19.1 Å². The summed E-state index contributed by atoms with van der Waals surface area (Å²) >= 11 is 6.23. The highest BCUT2D eigenvalue weighted by Crippen LogP contribution is 2.35. The van der Waals surface area contributed by atoms with Gasteiger partial charge in [0.25, 0.3) is 0 Å². The lowest BCUT2D eigenvalue weighted by molar-refractivity contribution is -0.135. The molecule has 0 unspecified atom stereocenters. The minimum Gasteiger partial charge on any atom is -0.446 e. The molecule has 1 atom stereocenters. The number of rotatable bonds is 3. The number of carbonyl (C=O) groups is 2. The van der Waals surface area contributed by atoms with Crippen LogP contribution in [0, 0.1) is 0 Å². The third kappa shape index (κ3) is 3.49. The first-order valence-electron chi connectivity index (χ1n) is 7.54. The van der Waals surface area contributed by atoms with E-state index in [1.807, 2.05) is 0 Å². The Morgan fingerprint density at radius 1 is 1.12 bits per heavy atom. The molecule has 0 aliphatic carbocycles. The van der Waals surface area contributed by atoms with Gasteiger partial charge in [-0.15, -0.1) is 5.10 Å². The summed E-state index contributed by atoms with van der Waals surface area (Å²) in [4.78, 5) is 23.3. The van der Waals surface area contributed by atoms with E-state index < -0.39 is 12.2 Å². The van der Waals surface area contributed by atoms with E-state index in [1.165, 1.54) is 18.9 Å². The average molecular weight is 359 g/mol. The van der Waals surface area contributed by atoms with E-state index >= 15 is 0 Å². The van der Waals surface area contributed by atoms with Crippen LogP contribution < -0.4 is 4.74 Å². The fourth-order valence-corrected chi connectivity index (χ4v) is 2.67. The molecule has 0 fully saturated rings. The molecule has 128 valence electrons. The summed E-state index contributed by atoms with van der Waals surface area (Å²) in [5.41, 5.74) is 1.08. The molecular formula is C18H15ClN2O4. The predicted molar refractivity (Wildman–Crippen MR) is 92.1 cm³/mol. The molecular weight excluding hydrogens is 344 g/mol. The molecule has 1 aliphatic heterocycles. The molecule has 0 saturated carbocycles. The van der Waals surface area contributed by atoms with Gasteiger partial charge in [-0.1, -0.05) is 41.9 Å². The fourth-order valence-electron chi connectivity index (χ4n) is 2.44. The van der Waals surface area contributed by atoms with Crippen LogP contribution in [0.15, 0.2) is 53.6 Å². The number of halogens is 1. The Labute approximate surface area is 149 Å². The number of benzene rings is 2. The number of carbonyl (C=O) groups excluding carboxylic acids is 2. The van der Waals surface area contributed by atoms with Crippen LogP contribution in [0.2, 0.25) is 5.02 Å². The molecule has 0 saturated heterocycles. The third-order valence-corrected chi connectivity index (χ3v) is 3.85. The lowest BCUT2D eigenvalue weighted by Crippen LogP contribution is -2.25. The summed E-state index contributed by atoms with van der Waals surface area (Å²) in [5, 5.41) is 5.92. The first-order chi connectivity index (χ1) is 12.0. The molecule has 1 heterocycles. The van der Waals surface area contributed by atoms with Crippen LogP contribution in [0.4, 0.5) is 0 Å². The van der Waals surface area contributed by atoms with E-state index in [4.69, 9.17) is 21.1 Å². The number of amides is 1. The quantitative estimate of drug-likeness (QED) is 0.622. The number of hydrogen-bond acceptors (Lipinski definition) is 5. The van der Waals surface area contributed by atoms with Crippen molar-refractivity contribution in [3.05, 3.63) is 64.7 Å². The molecule has 0 bridgehead atoms. The number of esters is 1. The maximum atomic E-state index is 12.0. The Bertz CT molecular complexity index is 866. The molecule has 0 spiro atoms. The molecule has 0 aromatic heterocycles. The highest BCUT2D eigenvalue weighted by Gasteiger charge is 2.35. The maximum absolute atomic E-state index is 12.0. The second-order valence-corrected chi connectivity index (χ2v) is 5.76. The fraction of sp³-hybridized carbons (Fsp3) is 0.167.